The largest absolute Gasteiger partial charge is 0.490 e. The van der Waals surface area contributed by atoms with E-state index in [1.54, 1.807) is 18.2 Å². The van der Waals surface area contributed by atoms with Gasteiger partial charge in [-0.1, -0.05) is 6.07 Å². The molecule has 142 valence electrons. The maximum Gasteiger partial charge on any atom is 0.269 e. The quantitative estimate of drug-likeness (QED) is 0.281. The second-order valence-corrected chi connectivity index (χ2v) is 5.37. The number of hydrogen-bond donors (Lipinski definition) is 0. The summed E-state index contributed by atoms with van der Waals surface area (Å²) in [5.74, 6) is 1.49. The Hall–Kier alpha value is -4.04. The number of non-ortho nitro benzene ring substituents is 1. The zero-order valence-electron chi connectivity index (χ0n) is 15.1. The summed E-state index contributed by atoms with van der Waals surface area (Å²) >= 11 is 0. The van der Waals surface area contributed by atoms with E-state index in [-0.39, 0.29) is 24.5 Å². The third kappa shape index (κ3) is 5.75. The number of allylic oxidation sites excluding steroid dienone is 1. The molecule has 0 aliphatic carbocycles. The van der Waals surface area contributed by atoms with Gasteiger partial charge in [0.2, 0.25) is 0 Å². The Morgan fingerprint density at radius 3 is 2.32 bits per heavy atom. The van der Waals surface area contributed by atoms with Crippen molar-refractivity contribution in [3.8, 4) is 29.4 Å². The van der Waals surface area contributed by atoms with E-state index in [4.69, 9.17) is 24.7 Å². The molecule has 0 saturated carbocycles. The van der Waals surface area contributed by atoms with Crippen molar-refractivity contribution in [2.45, 2.75) is 6.92 Å². The highest BCUT2D eigenvalue weighted by Gasteiger charge is 2.08. The number of benzene rings is 2. The van der Waals surface area contributed by atoms with Gasteiger partial charge < -0.3 is 14.2 Å². The van der Waals surface area contributed by atoms with Crippen LogP contribution in [-0.4, -0.2) is 24.7 Å². The molecule has 0 bridgehead atoms. The molecule has 0 unspecified atom stereocenters. The first-order valence-electron chi connectivity index (χ1n) is 8.36. The normalized spacial score (nSPS) is 9.54. The fraction of sp³-hybridized carbons (Fsp3) is 0.200. The minimum atomic E-state index is -0.475. The molecule has 28 heavy (non-hydrogen) atoms. The van der Waals surface area contributed by atoms with Gasteiger partial charge in [0.1, 0.15) is 36.7 Å². The number of hydrogen-bond acceptors (Lipinski definition) is 7. The lowest BCUT2D eigenvalue weighted by Gasteiger charge is -2.13. The molecule has 2 aromatic rings. The van der Waals surface area contributed by atoms with Crippen molar-refractivity contribution in [1.29, 1.82) is 10.5 Å². The van der Waals surface area contributed by atoms with E-state index >= 15 is 0 Å². The zero-order chi connectivity index (χ0) is 20.4. The molecule has 0 aliphatic rings. The predicted molar refractivity (Wildman–Crippen MR) is 101 cm³/mol. The molecule has 0 N–H and O–H groups in total. The van der Waals surface area contributed by atoms with E-state index < -0.39 is 4.92 Å². The maximum atomic E-state index is 10.6. The van der Waals surface area contributed by atoms with Crippen molar-refractivity contribution in [2.75, 3.05) is 19.8 Å². The SMILES string of the molecule is CCOc1cc(C=C(C#N)C#N)ccc1OCCOc1ccc([N+](=O)[O-])cc1. The second kappa shape index (κ2) is 10.2. The average molecular weight is 379 g/mol. The lowest BCUT2D eigenvalue weighted by molar-refractivity contribution is -0.384. The van der Waals surface area contributed by atoms with Gasteiger partial charge in [0.05, 0.1) is 11.5 Å². The van der Waals surface area contributed by atoms with Gasteiger partial charge in [0.25, 0.3) is 5.69 Å². The molecule has 8 nitrogen and oxygen atoms in total. The fourth-order valence-corrected chi connectivity index (χ4v) is 2.23. The van der Waals surface area contributed by atoms with Crippen molar-refractivity contribution in [3.63, 3.8) is 0 Å². The van der Waals surface area contributed by atoms with Crippen LogP contribution in [0.2, 0.25) is 0 Å². The molecule has 0 aromatic heterocycles. The molecule has 2 rings (SSSR count). The van der Waals surface area contributed by atoms with E-state index in [0.29, 0.717) is 29.4 Å². The summed E-state index contributed by atoms with van der Waals surface area (Å²) in [4.78, 5) is 10.2. The Labute approximate surface area is 161 Å². The molecule has 0 heterocycles. The molecule has 0 fully saturated rings. The summed E-state index contributed by atoms with van der Waals surface area (Å²) in [6.07, 6.45) is 1.46. The standard InChI is InChI=1S/C20H17N3O5/c1-2-26-20-12-15(11-16(13-21)14-22)3-8-19(20)28-10-9-27-18-6-4-17(5-7-18)23(24)25/h3-8,11-12H,2,9-10H2,1H3. The van der Waals surface area contributed by atoms with Gasteiger partial charge in [0.15, 0.2) is 11.5 Å². The monoisotopic (exact) mass is 379 g/mol. The van der Waals surface area contributed by atoms with Crippen LogP contribution < -0.4 is 14.2 Å². The van der Waals surface area contributed by atoms with Crippen molar-refractivity contribution in [3.05, 3.63) is 63.7 Å². The Morgan fingerprint density at radius 1 is 1.04 bits per heavy atom. The first kappa shape index (κ1) is 20.3. The zero-order valence-corrected chi connectivity index (χ0v) is 15.1. The van der Waals surface area contributed by atoms with Crippen LogP contribution in [0.4, 0.5) is 5.69 Å². The van der Waals surface area contributed by atoms with E-state index in [1.807, 2.05) is 19.1 Å². The lowest BCUT2D eigenvalue weighted by atomic mass is 10.1. The third-order valence-corrected chi connectivity index (χ3v) is 3.48. The highest BCUT2D eigenvalue weighted by atomic mass is 16.6. The van der Waals surface area contributed by atoms with Gasteiger partial charge in [0, 0.05) is 12.1 Å². The number of nitriles is 2. The number of nitrogens with zero attached hydrogens (tertiary/aromatic N) is 3. The van der Waals surface area contributed by atoms with Crippen molar-refractivity contribution in [1.82, 2.24) is 0 Å². The minimum absolute atomic E-state index is 0.00458. The summed E-state index contributed by atoms with van der Waals surface area (Å²) in [6, 6.07) is 14.5. The molecule has 0 spiro atoms. The molecular formula is C20H17N3O5. The van der Waals surface area contributed by atoms with E-state index in [9.17, 15) is 10.1 Å². The average Bonchev–Trinajstić information content (AvgIpc) is 2.71. The fourth-order valence-electron chi connectivity index (χ4n) is 2.23. The van der Waals surface area contributed by atoms with Gasteiger partial charge in [-0.05, 0) is 42.8 Å². The van der Waals surface area contributed by atoms with Gasteiger partial charge in [-0.2, -0.15) is 10.5 Å². The smallest absolute Gasteiger partial charge is 0.269 e. The topological polar surface area (TPSA) is 118 Å². The van der Waals surface area contributed by atoms with Gasteiger partial charge in [-0.15, -0.1) is 0 Å². The molecule has 0 saturated heterocycles. The third-order valence-electron chi connectivity index (χ3n) is 3.48. The number of nitro benzene ring substituents is 1. The maximum absolute atomic E-state index is 10.6. The highest BCUT2D eigenvalue weighted by molar-refractivity contribution is 5.64. The van der Waals surface area contributed by atoms with Crippen LogP contribution in [0.1, 0.15) is 12.5 Å². The van der Waals surface area contributed by atoms with Gasteiger partial charge in [-0.25, -0.2) is 0 Å². The van der Waals surface area contributed by atoms with Crippen LogP contribution in [0.15, 0.2) is 48.0 Å². The number of rotatable bonds is 9. The van der Waals surface area contributed by atoms with E-state index in [2.05, 4.69) is 0 Å². The number of ether oxygens (including phenoxy) is 3. The number of nitro groups is 1. The van der Waals surface area contributed by atoms with Crippen LogP contribution in [0.3, 0.4) is 0 Å². The first-order chi connectivity index (χ1) is 13.6. The minimum Gasteiger partial charge on any atom is -0.490 e. The molecule has 0 radical (unpaired) electrons. The Bertz CT molecular complexity index is 924. The van der Waals surface area contributed by atoms with Crippen molar-refractivity contribution in [2.24, 2.45) is 0 Å². The van der Waals surface area contributed by atoms with Crippen LogP contribution in [0, 0.1) is 32.8 Å². The summed E-state index contributed by atoms with van der Waals surface area (Å²) in [6.45, 7) is 2.72. The first-order valence-corrected chi connectivity index (χ1v) is 8.36. The van der Waals surface area contributed by atoms with Crippen LogP contribution in [0.5, 0.6) is 17.2 Å². The molecule has 0 atom stereocenters. The molecule has 0 amide bonds. The summed E-state index contributed by atoms with van der Waals surface area (Å²) in [5.41, 5.74) is 0.638. The van der Waals surface area contributed by atoms with E-state index in [0.717, 1.165) is 0 Å². The van der Waals surface area contributed by atoms with Gasteiger partial charge in [-0.3, -0.25) is 10.1 Å². The molecule has 0 aliphatic heterocycles. The van der Waals surface area contributed by atoms with Gasteiger partial charge >= 0.3 is 0 Å². The second-order valence-electron chi connectivity index (χ2n) is 5.37. The molecular weight excluding hydrogens is 362 g/mol. The summed E-state index contributed by atoms with van der Waals surface area (Å²) in [5, 5.41) is 28.3. The van der Waals surface area contributed by atoms with Crippen molar-refractivity contribution >= 4 is 11.8 Å². The Balaban J connectivity index is 1.97. The Kier molecular flexibility index (Phi) is 7.38. The summed E-state index contributed by atoms with van der Waals surface area (Å²) in [7, 11) is 0. The van der Waals surface area contributed by atoms with Crippen LogP contribution in [-0.2, 0) is 0 Å². The molecule has 8 heteroatoms. The Morgan fingerprint density at radius 2 is 1.71 bits per heavy atom. The highest BCUT2D eigenvalue weighted by Crippen LogP contribution is 2.29. The van der Waals surface area contributed by atoms with Crippen LogP contribution in [0.25, 0.3) is 6.08 Å². The van der Waals surface area contributed by atoms with Crippen molar-refractivity contribution < 1.29 is 19.1 Å². The lowest BCUT2D eigenvalue weighted by Crippen LogP contribution is -2.10. The van der Waals surface area contributed by atoms with E-state index in [1.165, 1.54) is 30.3 Å². The predicted octanol–water partition coefficient (Wildman–Crippen LogP) is 3.88. The van der Waals surface area contributed by atoms with Crippen LogP contribution >= 0.6 is 0 Å². The molecule has 2 aromatic carbocycles. The summed E-state index contributed by atoms with van der Waals surface area (Å²) < 4.78 is 16.7.